The predicted molar refractivity (Wildman–Crippen MR) is 83.0 cm³/mol. The van der Waals surface area contributed by atoms with Gasteiger partial charge in [0.15, 0.2) is 0 Å². The van der Waals surface area contributed by atoms with E-state index in [9.17, 15) is 4.79 Å². The second-order valence-corrected chi connectivity index (χ2v) is 5.03. The molecule has 7 nitrogen and oxygen atoms in total. The number of carbonyl (C=O) groups excluding carboxylic acids is 1. The molecule has 0 atom stereocenters. The molecule has 1 aromatic rings. The number of carbonyl (C=O) groups is 1. The summed E-state index contributed by atoms with van der Waals surface area (Å²) in [6, 6.07) is 4.88. The Hall–Kier alpha value is -1.83. The SMILES string of the molecule is Nc1ccc(C(=O)NCCN2CCOCC2)cc1OCCO. The Morgan fingerprint density at radius 2 is 2.18 bits per heavy atom. The van der Waals surface area contributed by atoms with Gasteiger partial charge in [0.2, 0.25) is 0 Å². The van der Waals surface area contributed by atoms with Crippen LogP contribution in [0.3, 0.4) is 0 Å². The third kappa shape index (κ3) is 4.87. The van der Waals surface area contributed by atoms with Crippen LogP contribution >= 0.6 is 0 Å². The molecule has 122 valence electrons. The minimum Gasteiger partial charge on any atom is -0.489 e. The van der Waals surface area contributed by atoms with Crippen LogP contribution in [0.1, 0.15) is 10.4 Å². The lowest BCUT2D eigenvalue weighted by atomic mass is 10.2. The molecule has 2 rings (SSSR count). The molecule has 0 unspecified atom stereocenters. The fraction of sp³-hybridized carbons (Fsp3) is 0.533. The quantitative estimate of drug-likeness (QED) is 0.599. The molecule has 0 aliphatic carbocycles. The first kappa shape index (κ1) is 16.5. The van der Waals surface area contributed by atoms with Crippen molar-refractivity contribution >= 4 is 11.6 Å². The highest BCUT2D eigenvalue weighted by Gasteiger charge is 2.12. The van der Waals surface area contributed by atoms with Crippen molar-refractivity contribution in [2.24, 2.45) is 0 Å². The molecule has 0 saturated carbocycles. The number of hydrogen-bond donors (Lipinski definition) is 3. The number of nitrogens with two attached hydrogens (primary N) is 1. The molecule has 0 spiro atoms. The maximum atomic E-state index is 12.1. The number of aliphatic hydroxyl groups excluding tert-OH is 1. The normalized spacial score (nSPS) is 15.5. The summed E-state index contributed by atoms with van der Waals surface area (Å²) in [5.41, 5.74) is 6.70. The predicted octanol–water partition coefficient (Wildman–Crippen LogP) is -0.298. The van der Waals surface area contributed by atoms with Crippen molar-refractivity contribution in [2.75, 3.05) is 58.3 Å². The third-order valence-electron chi connectivity index (χ3n) is 3.44. The standard InChI is InChI=1S/C15H23N3O4/c16-13-2-1-12(11-14(13)22-10-7-19)15(20)17-3-4-18-5-8-21-9-6-18/h1-2,11,19H,3-10,16H2,(H,17,20). The van der Waals surface area contributed by atoms with Crippen LogP contribution in [0.2, 0.25) is 0 Å². The summed E-state index contributed by atoms with van der Waals surface area (Å²) < 4.78 is 10.6. The number of hydrogen-bond acceptors (Lipinski definition) is 6. The lowest BCUT2D eigenvalue weighted by molar-refractivity contribution is 0.0383. The summed E-state index contributed by atoms with van der Waals surface area (Å²) in [5.74, 6) is 0.247. The highest BCUT2D eigenvalue weighted by molar-refractivity contribution is 5.95. The first-order valence-electron chi connectivity index (χ1n) is 7.42. The Kier molecular flexibility index (Phi) is 6.45. The Bertz CT molecular complexity index is 490. The van der Waals surface area contributed by atoms with E-state index in [1.807, 2.05) is 0 Å². The van der Waals surface area contributed by atoms with Crippen molar-refractivity contribution in [1.29, 1.82) is 0 Å². The lowest BCUT2D eigenvalue weighted by Gasteiger charge is -2.26. The van der Waals surface area contributed by atoms with Crippen molar-refractivity contribution in [1.82, 2.24) is 10.2 Å². The molecule has 0 bridgehead atoms. The van der Waals surface area contributed by atoms with Crippen molar-refractivity contribution in [3.63, 3.8) is 0 Å². The average Bonchev–Trinajstić information content (AvgIpc) is 2.55. The first-order valence-corrected chi connectivity index (χ1v) is 7.42. The van der Waals surface area contributed by atoms with Gasteiger partial charge in [0.05, 0.1) is 25.5 Å². The van der Waals surface area contributed by atoms with E-state index in [1.165, 1.54) is 0 Å². The van der Waals surface area contributed by atoms with Gasteiger partial charge in [-0.05, 0) is 18.2 Å². The summed E-state index contributed by atoms with van der Waals surface area (Å²) in [4.78, 5) is 14.4. The van der Waals surface area contributed by atoms with Gasteiger partial charge >= 0.3 is 0 Å². The van der Waals surface area contributed by atoms with Crippen LogP contribution in [0.5, 0.6) is 5.75 Å². The highest BCUT2D eigenvalue weighted by atomic mass is 16.5. The molecule has 7 heteroatoms. The summed E-state index contributed by atoms with van der Waals surface area (Å²) in [6.07, 6.45) is 0. The van der Waals surface area contributed by atoms with Crippen molar-refractivity contribution < 1.29 is 19.4 Å². The molecule has 22 heavy (non-hydrogen) atoms. The Morgan fingerprint density at radius 3 is 2.91 bits per heavy atom. The van der Waals surface area contributed by atoms with E-state index in [0.717, 1.165) is 32.8 Å². The summed E-state index contributed by atoms with van der Waals surface area (Å²) in [6.45, 7) is 4.72. The molecule has 1 amide bonds. The van der Waals surface area contributed by atoms with Crippen LogP contribution in [0.25, 0.3) is 0 Å². The van der Waals surface area contributed by atoms with E-state index < -0.39 is 0 Å². The van der Waals surface area contributed by atoms with Gasteiger partial charge < -0.3 is 25.6 Å². The molecular weight excluding hydrogens is 286 g/mol. The zero-order valence-corrected chi connectivity index (χ0v) is 12.6. The summed E-state index contributed by atoms with van der Waals surface area (Å²) >= 11 is 0. The highest BCUT2D eigenvalue weighted by Crippen LogP contribution is 2.22. The van der Waals surface area contributed by atoms with E-state index in [-0.39, 0.29) is 19.1 Å². The molecule has 1 saturated heterocycles. The number of nitrogens with zero attached hydrogens (tertiary/aromatic N) is 1. The maximum Gasteiger partial charge on any atom is 0.251 e. The molecule has 0 aromatic heterocycles. The number of benzene rings is 1. The lowest BCUT2D eigenvalue weighted by Crippen LogP contribution is -2.41. The smallest absolute Gasteiger partial charge is 0.251 e. The van der Waals surface area contributed by atoms with Crippen LogP contribution in [0, 0.1) is 0 Å². The summed E-state index contributed by atoms with van der Waals surface area (Å²) in [5, 5.41) is 11.7. The van der Waals surface area contributed by atoms with E-state index in [4.69, 9.17) is 20.3 Å². The number of aliphatic hydroxyl groups is 1. The van der Waals surface area contributed by atoms with Crippen molar-refractivity contribution in [2.45, 2.75) is 0 Å². The first-order chi connectivity index (χ1) is 10.7. The van der Waals surface area contributed by atoms with Crippen LogP contribution < -0.4 is 15.8 Å². The molecule has 1 fully saturated rings. The molecule has 1 aliphatic heterocycles. The summed E-state index contributed by atoms with van der Waals surface area (Å²) in [7, 11) is 0. The fourth-order valence-corrected chi connectivity index (χ4v) is 2.21. The van der Waals surface area contributed by atoms with Gasteiger partial charge in [-0.15, -0.1) is 0 Å². The van der Waals surface area contributed by atoms with Gasteiger partial charge in [-0.25, -0.2) is 0 Å². The average molecular weight is 309 g/mol. The zero-order chi connectivity index (χ0) is 15.8. The second-order valence-electron chi connectivity index (χ2n) is 5.03. The molecule has 1 aromatic carbocycles. The monoisotopic (exact) mass is 309 g/mol. The van der Waals surface area contributed by atoms with Gasteiger partial charge in [0, 0.05) is 31.7 Å². The Morgan fingerprint density at radius 1 is 1.41 bits per heavy atom. The molecule has 1 heterocycles. The van der Waals surface area contributed by atoms with Gasteiger partial charge in [0.25, 0.3) is 5.91 Å². The van der Waals surface area contributed by atoms with Crippen molar-refractivity contribution in [3.05, 3.63) is 23.8 Å². The Labute approximate surface area is 130 Å². The van der Waals surface area contributed by atoms with E-state index >= 15 is 0 Å². The maximum absolute atomic E-state index is 12.1. The number of nitrogens with one attached hydrogen (secondary N) is 1. The minimum absolute atomic E-state index is 0.102. The number of morpholine rings is 1. The fourth-order valence-electron chi connectivity index (χ4n) is 2.21. The number of ether oxygens (including phenoxy) is 2. The molecule has 4 N–H and O–H groups in total. The number of nitrogen functional groups attached to an aromatic ring is 1. The number of amides is 1. The van der Waals surface area contributed by atoms with E-state index in [2.05, 4.69) is 10.2 Å². The van der Waals surface area contributed by atoms with Gasteiger partial charge in [-0.1, -0.05) is 0 Å². The van der Waals surface area contributed by atoms with E-state index in [0.29, 0.717) is 23.5 Å². The van der Waals surface area contributed by atoms with Gasteiger partial charge in [-0.3, -0.25) is 9.69 Å². The zero-order valence-electron chi connectivity index (χ0n) is 12.6. The van der Waals surface area contributed by atoms with Gasteiger partial charge in [-0.2, -0.15) is 0 Å². The Balaban J connectivity index is 1.83. The van der Waals surface area contributed by atoms with E-state index in [1.54, 1.807) is 18.2 Å². The van der Waals surface area contributed by atoms with Crippen molar-refractivity contribution in [3.8, 4) is 5.75 Å². The van der Waals surface area contributed by atoms with Gasteiger partial charge in [0.1, 0.15) is 12.4 Å². The molecular formula is C15H23N3O4. The van der Waals surface area contributed by atoms with Crippen LogP contribution in [-0.2, 0) is 4.74 Å². The molecule has 1 aliphatic rings. The van der Waals surface area contributed by atoms with Crippen LogP contribution in [-0.4, -0.2) is 68.5 Å². The second kappa shape index (κ2) is 8.57. The van der Waals surface area contributed by atoms with Crippen LogP contribution in [0.4, 0.5) is 5.69 Å². The molecule has 0 radical (unpaired) electrons. The largest absolute Gasteiger partial charge is 0.489 e. The number of anilines is 1. The third-order valence-corrected chi connectivity index (χ3v) is 3.44. The minimum atomic E-state index is -0.165. The topological polar surface area (TPSA) is 97.1 Å². The van der Waals surface area contributed by atoms with Crippen LogP contribution in [0.15, 0.2) is 18.2 Å². The number of rotatable bonds is 7.